The molecule has 0 spiro atoms. The minimum absolute atomic E-state index is 0.359. The number of nitrogens with two attached hydrogens (primary N) is 1. The van der Waals surface area contributed by atoms with E-state index in [0.29, 0.717) is 12.1 Å². The van der Waals surface area contributed by atoms with Crippen molar-refractivity contribution in [3.8, 4) is 0 Å². The normalized spacial score (nSPS) is 16.0. The van der Waals surface area contributed by atoms with Crippen molar-refractivity contribution in [3.05, 3.63) is 0 Å². The third-order valence-corrected chi connectivity index (χ3v) is 2.07. The van der Waals surface area contributed by atoms with Crippen molar-refractivity contribution >= 4 is 0 Å². The molecule has 0 aromatic carbocycles. The van der Waals surface area contributed by atoms with Crippen molar-refractivity contribution in [2.45, 2.75) is 58.6 Å². The van der Waals surface area contributed by atoms with Crippen LogP contribution in [0.25, 0.3) is 0 Å². The molecule has 2 N–H and O–H groups in total. The summed E-state index contributed by atoms with van der Waals surface area (Å²) in [4.78, 5) is 0. The first kappa shape index (κ1) is 11.9. The summed E-state index contributed by atoms with van der Waals surface area (Å²) in [6.45, 7) is 7.26. The molecule has 0 aromatic rings. The minimum Gasteiger partial charge on any atom is -0.379 e. The summed E-state index contributed by atoms with van der Waals surface area (Å²) in [5.41, 5.74) is 5.79. The predicted octanol–water partition coefficient (Wildman–Crippen LogP) is 2.32. The second-order valence-corrected chi connectivity index (χ2v) is 3.43. The Morgan fingerprint density at radius 1 is 1.25 bits per heavy atom. The summed E-state index contributed by atoms with van der Waals surface area (Å²) in [5.74, 6) is 0. The first-order valence-electron chi connectivity index (χ1n) is 5.07. The lowest BCUT2D eigenvalue weighted by Gasteiger charge is -2.14. The highest BCUT2D eigenvalue weighted by Gasteiger charge is 2.04. The van der Waals surface area contributed by atoms with Crippen molar-refractivity contribution in [2.24, 2.45) is 5.73 Å². The molecule has 2 unspecified atom stereocenters. The summed E-state index contributed by atoms with van der Waals surface area (Å²) in [7, 11) is 0. The van der Waals surface area contributed by atoms with Gasteiger partial charge in [-0.3, -0.25) is 0 Å². The molecule has 2 atom stereocenters. The summed E-state index contributed by atoms with van der Waals surface area (Å²) in [6.07, 6.45) is 4.73. The van der Waals surface area contributed by atoms with Gasteiger partial charge in [-0.2, -0.15) is 0 Å². The number of hydrogen-bond donors (Lipinski definition) is 1. The smallest absolute Gasteiger partial charge is 0.0547 e. The molecular weight excluding hydrogens is 150 g/mol. The second-order valence-electron chi connectivity index (χ2n) is 3.43. The van der Waals surface area contributed by atoms with Crippen molar-refractivity contribution in [1.29, 1.82) is 0 Å². The zero-order valence-electron chi connectivity index (χ0n) is 8.68. The van der Waals surface area contributed by atoms with Crippen molar-refractivity contribution in [3.63, 3.8) is 0 Å². The van der Waals surface area contributed by atoms with Crippen LogP contribution in [-0.2, 0) is 4.74 Å². The zero-order valence-corrected chi connectivity index (χ0v) is 8.68. The maximum atomic E-state index is 5.79. The third kappa shape index (κ3) is 6.62. The van der Waals surface area contributed by atoms with E-state index >= 15 is 0 Å². The van der Waals surface area contributed by atoms with Gasteiger partial charge in [-0.1, -0.05) is 13.8 Å². The highest BCUT2D eigenvalue weighted by atomic mass is 16.5. The van der Waals surface area contributed by atoms with E-state index in [2.05, 4.69) is 20.8 Å². The van der Waals surface area contributed by atoms with Crippen LogP contribution in [0.4, 0.5) is 0 Å². The topological polar surface area (TPSA) is 35.2 Å². The van der Waals surface area contributed by atoms with E-state index in [4.69, 9.17) is 10.5 Å². The highest BCUT2D eigenvalue weighted by molar-refractivity contribution is 4.61. The Balaban J connectivity index is 3.24. The third-order valence-electron chi connectivity index (χ3n) is 2.07. The number of ether oxygens (including phenoxy) is 1. The van der Waals surface area contributed by atoms with Crippen LogP contribution in [-0.4, -0.2) is 18.8 Å². The van der Waals surface area contributed by atoms with Crippen LogP contribution >= 0.6 is 0 Å². The lowest BCUT2D eigenvalue weighted by atomic mass is 10.1. The average Bonchev–Trinajstić information content (AvgIpc) is 2.10. The minimum atomic E-state index is 0.359. The molecule has 0 amide bonds. The Labute approximate surface area is 76.5 Å². The van der Waals surface area contributed by atoms with Gasteiger partial charge in [0, 0.05) is 12.6 Å². The van der Waals surface area contributed by atoms with Gasteiger partial charge >= 0.3 is 0 Å². The van der Waals surface area contributed by atoms with Gasteiger partial charge in [-0.15, -0.1) is 0 Å². The first-order chi connectivity index (χ1) is 5.70. The van der Waals surface area contributed by atoms with Crippen LogP contribution in [0.2, 0.25) is 0 Å². The van der Waals surface area contributed by atoms with E-state index in [1.54, 1.807) is 0 Å². The fourth-order valence-corrected chi connectivity index (χ4v) is 1.06. The van der Waals surface area contributed by atoms with Gasteiger partial charge in [0.15, 0.2) is 0 Å². The van der Waals surface area contributed by atoms with E-state index in [1.165, 1.54) is 0 Å². The van der Waals surface area contributed by atoms with E-state index in [1.807, 2.05) is 0 Å². The van der Waals surface area contributed by atoms with Gasteiger partial charge in [-0.05, 0) is 32.6 Å². The van der Waals surface area contributed by atoms with Crippen LogP contribution in [0.3, 0.4) is 0 Å². The maximum Gasteiger partial charge on any atom is 0.0547 e. The van der Waals surface area contributed by atoms with Gasteiger partial charge in [0.1, 0.15) is 0 Å². The van der Waals surface area contributed by atoms with Crippen LogP contribution in [0.1, 0.15) is 46.5 Å². The molecule has 0 heterocycles. The fourth-order valence-electron chi connectivity index (χ4n) is 1.06. The predicted molar refractivity (Wildman–Crippen MR) is 53.2 cm³/mol. The molecule has 0 aliphatic carbocycles. The molecular formula is C10H23NO. The summed E-state index contributed by atoms with van der Waals surface area (Å²) >= 11 is 0. The summed E-state index contributed by atoms with van der Waals surface area (Å²) in [5, 5.41) is 0. The average molecular weight is 173 g/mol. The molecule has 2 heteroatoms. The van der Waals surface area contributed by atoms with E-state index in [0.717, 1.165) is 32.3 Å². The molecule has 0 aliphatic rings. The molecule has 0 fully saturated rings. The molecule has 0 saturated heterocycles. The first-order valence-corrected chi connectivity index (χ1v) is 5.07. The Bertz CT molecular complexity index is 95.8. The quantitative estimate of drug-likeness (QED) is 0.641. The van der Waals surface area contributed by atoms with Crippen LogP contribution in [0.15, 0.2) is 0 Å². The molecule has 0 aliphatic heterocycles. The molecule has 74 valence electrons. The van der Waals surface area contributed by atoms with Gasteiger partial charge in [0.2, 0.25) is 0 Å². The fraction of sp³-hybridized carbons (Fsp3) is 1.00. The van der Waals surface area contributed by atoms with Crippen LogP contribution in [0.5, 0.6) is 0 Å². The second kappa shape index (κ2) is 7.56. The largest absolute Gasteiger partial charge is 0.379 e. The molecule has 0 bridgehead atoms. The Hall–Kier alpha value is -0.0800. The maximum absolute atomic E-state index is 5.79. The lowest BCUT2D eigenvalue weighted by molar-refractivity contribution is 0.0581. The van der Waals surface area contributed by atoms with Gasteiger partial charge in [0.05, 0.1) is 6.10 Å². The number of hydrogen-bond acceptors (Lipinski definition) is 2. The Morgan fingerprint density at radius 2 is 1.92 bits per heavy atom. The molecule has 12 heavy (non-hydrogen) atoms. The Kier molecular flexibility index (Phi) is 7.51. The van der Waals surface area contributed by atoms with E-state index in [9.17, 15) is 0 Å². The molecule has 2 nitrogen and oxygen atoms in total. The SMILES string of the molecule is CCCOC(C)CCC(N)CC. The summed E-state index contributed by atoms with van der Waals surface area (Å²) < 4.78 is 5.53. The number of rotatable bonds is 7. The van der Waals surface area contributed by atoms with Gasteiger partial charge < -0.3 is 10.5 Å². The van der Waals surface area contributed by atoms with Crippen molar-refractivity contribution in [1.82, 2.24) is 0 Å². The van der Waals surface area contributed by atoms with Gasteiger partial charge in [-0.25, -0.2) is 0 Å². The lowest BCUT2D eigenvalue weighted by Crippen LogP contribution is -2.21. The van der Waals surface area contributed by atoms with Crippen molar-refractivity contribution in [2.75, 3.05) is 6.61 Å². The Morgan fingerprint density at radius 3 is 2.42 bits per heavy atom. The van der Waals surface area contributed by atoms with Crippen LogP contribution < -0.4 is 5.73 Å². The monoisotopic (exact) mass is 173 g/mol. The standard InChI is InChI=1S/C10H23NO/c1-4-8-12-9(3)6-7-10(11)5-2/h9-10H,4-8,11H2,1-3H3. The highest BCUT2D eigenvalue weighted by Crippen LogP contribution is 2.05. The molecule has 0 saturated carbocycles. The van der Waals surface area contributed by atoms with E-state index in [-0.39, 0.29) is 0 Å². The molecule has 0 radical (unpaired) electrons. The van der Waals surface area contributed by atoms with Crippen molar-refractivity contribution < 1.29 is 4.74 Å². The molecule has 0 rings (SSSR count). The van der Waals surface area contributed by atoms with E-state index < -0.39 is 0 Å². The molecule has 0 aromatic heterocycles. The van der Waals surface area contributed by atoms with Crippen LogP contribution in [0, 0.1) is 0 Å². The van der Waals surface area contributed by atoms with Gasteiger partial charge in [0.25, 0.3) is 0 Å². The summed E-state index contributed by atoms with van der Waals surface area (Å²) in [6, 6.07) is 0.359. The zero-order chi connectivity index (χ0) is 9.40.